The zero-order valence-corrected chi connectivity index (χ0v) is 53.3. The highest BCUT2D eigenvalue weighted by Gasteiger charge is 2.22. The van der Waals surface area contributed by atoms with E-state index in [0.29, 0.717) is 0 Å². The fraction of sp³-hybridized carbons (Fsp3) is 0.0714. The number of thiophene rings is 2. The molecule has 10 heterocycles. The monoisotopic (exact) mass is 1220 g/mol. The summed E-state index contributed by atoms with van der Waals surface area (Å²) in [6.07, 6.45) is 17.3. The van der Waals surface area contributed by atoms with Crippen molar-refractivity contribution in [2.45, 2.75) is 41.5 Å². The first kappa shape index (κ1) is 56.2. The number of benzene rings is 6. The standard InChI is InChI=1S/C84H60N6S2/c1-49-7-19-55(20-8-49)79-65-35-33-63(85-65)61(75-45-47-77(91-75)83(59-27-15-53(5)16-28-59)73-43-41-71(89-73)81(69-39-37-67(79)87-69)57-23-11-51(3)12-24-57)31-32-62-64-34-36-66(86-64)80(56-21-9-50(2)10-22-56)68-38-40-70(88-68)82(58-25-13-52(4)14-26-58)72-42-44-74(90-72)84(78-48-46-76(62)92-78)60-29-17-54(6)18-30-60/h7-30,33-48,87-88H,1-6H3. The van der Waals surface area contributed by atoms with E-state index in [1.165, 1.54) is 33.4 Å². The fourth-order valence-electron chi connectivity index (χ4n) is 12.7. The van der Waals surface area contributed by atoms with Crippen LogP contribution in [0, 0.1) is 53.4 Å². The van der Waals surface area contributed by atoms with E-state index in [4.69, 9.17) is 19.9 Å². The zero-order chi connectivity index (χ0) is 62.1. The molecule has 0 radical (unpaired) electrons. The van der Waals surface area contributed by atoms with Crippen LogP contribution in [0.2, 0.25) is 0 Å². The summed E-state index contributed by atoms with van der Waals surface area (Å²) in [6.45, 7) is 12.8. The van der Waals surface area contributed by atoms with Crippen LogP contribution in [-0.4, -0.2) is 29.9 Å². The first-order chi connectivity index (χ1) is 45.0. The fourth-order valence-corrected chi connectivity index (χ4v) is 14.9. The molecule has 92 heavy (non-hydrogen) atoms. The van der Waals surface area contributed by atoms with Crippen molar-refractivity contribution < 1.29 is 0 Å². The lowest BCUT2D eigenvalue weighted by atomic mass is 10.0. The molecule has 0 aliphatic carbocycles. The first-order valence-corrected chi connectivity index (χ1v) is 32.7. The van der Waals surface area contributed by atoms with Gasteiger partial charge >= 0.3 is 0 Å². The van der Waals surface area contributed by atoms with Crippen molar-refractivity contribution in [3.8, 4) is 78.6 Å². The lowest BCUT2D eigenvalue weighted by Gasteiger charge is -2.07. The molecule has 0 saturated carbocycles. The van der Waals surface area contributed by atoms with E-state index >= 15 is 0 Å². The van der Waals surface area contributed by atoms with Crippen LogP contribution in [0.1, 0.15) is 90.1 Å². The van der Waals surface area contributed by atoms with Crippen LogP contribution < -0.4 is 0 Å². The molecule has 0 spiro atoms. The van der Waals surface area contributed by atoms with Gasteiger partial charge in [-0.05, 0) is 172 Å². The number of rotatable bonds is 6. The van der Waals surface area contributed by atoms with E-state index in [1.807, 2.05) is 0 Å². The Labute approximate surface area is 542 Å². The molecule has 6 aromatic heterocycles. The van der Waals surface area contributed by atoms with E-state index in [-0.39, 0.29) is 0 Å². The molecular formula is C84H60N6S2. The summed E-state index contributed by atoms with van der Waals surface area (Å²) < 4.78 is 4.10. The normalized spacial score (nSPS) is 12.2. The molecule has 0 saturated heterocycles. The van der Waals surface area contributed by atoms with Crippen molar-refractivity contribution in [2.24, 2.45) is 0 Å². The quantitative estimate of drug-likeness (QED) is 0.163. The summed E-state index contributed by atoms with van der Waals surface area (Å²) in [5, 5.41) is 0. The molecule has 12 aromatic rings. The third kappa shape index (κ3) is 10.5. The Balaban J connectivity index is 1.01. The summed E-state index contributed by atoms with van der Waals surface area (Å²) in [4.78, 5) is 30.3. The Bertz CT molecular complexity index is 5140. The van der Waals surface area contributed by atoms with Gasteiger partial charge in [0.2, 0.25) is 0 Å². The number of fused-ring (bicyclic) bond motifs is 16. The molecule has 0 amide bonds. The number of nitrogens with one attached hydrogen (secondary N) is 2. The lowest BCUT2D eigenvalue weighted by molar-refractivity contribution is 1.31. The topological polar surface area (TPSA) is 83.1 Å². The summed E-state index contributed by atoms with van der Waals surface area (Å²) >= 11 is 3.43. The van der Waals surface area contributed by atoms with Gasteiger partial charge in [0.25, 0.3) is 0 Å². The van der Waals surface area contributed by atoms with Crippen molar-refractivity contribution >= 4 is 112 Å². The van der Waals surface area contributed by atoms with Crippen LogP contribution in [0.25, 0.3) is 156 Å². The van der Waals surface area contributed by atoms with E-state index in [2.05, 4.69) is 306 Å². The predicted molar refractivity (Wildman–Crippen MR) is 392 cm³/mol. The Hall–Kier alpha value is -11.1. The number of H-pyrrole nitrogens is 2. The molecule has 0 fully saturated rings. The average Bonchev–Trinajstić information content (AvgIpc) is 1.64. The zero-order valence-electron chi connectivity index (χ0n) is 51.7. The molecule has 6 nitrogen and oxygen atoms in total. The minimum Gasteiger partial charge on any atom is -0.354 e. The Kier molecular flexibility index (Phi) is 14.1. The van der Waals surface area contributed by atoms with Crippen molar-refractivity contribution in [1.82, 2.24) is 29.9 Å². The van der Waals surface area contributed by atoms with Gasteiger partial charge in [-0.3, -0.25) is 0 Å². The lowest BCUT2D eigenvalue weighted by Crippen LogP contribution is -1.89. The van der Waals surface area contributed by atoms with Crippen molar-refractivity contribution in [3.63, 3.8) is 0 Å². The molecule has 6 aromatic carbocycles. The van der Waals surface area contributed by atoms with Gasteiger partial charge in [-0.15, -0.1) is 22.7 Å². The van der Waals surface area contributed by atoms with Gasteiger partial charge in [0.1, 0.15) is 0 Å². The summed E-state index contributed by atoms with van der Waals surface area (Å²) in [5.41, 5.74) is 31.8. The number of aromatic amines is 2. The van der Waals surface area contributed by atoms with Crippen LogP contribution in [-0.2, 0) is 0 Å². The Morgan fingerprint density at radius 3 is 0.696 bits per heavy atom. The smallest absolute Gasteiger partial charge is 0.0808 e. The maximum Gasteiger partial charge on any atom is 0.0808 e. The molecular weight excluding hydrogens is 1160 g/mol. The molecule has 16 rings (SSSR count). The van der Waals surface area contributed by atoms with Gasteiger partial charge in [-0.2, -0.15) is 0 Å². The predicted octanol–water partition coefficient (Wildman–Crippen LogP) is 22.3. The highest BCUT2D eigenvalue weighted by molar-refractivity contribution is 7.24. The number of nitrogens with zero attached hydrogens (tertiary/aromatic N) is 4. The van der Waals surface area contributed by atoms with Crippen LogP contribution in [0.5, 0.6) is 0 Å². The highest BCUT2D eigenvalue weighted by atomic mass is 32.1. The van der Waals surface area contributed by atoms with Crippen molar-refractivity contribution in [3.05, 3.63) is 284 Å². The number of hydrogen-bond acceptors (Lipinski definition) is 6. The maximum absolute atomic E-state index is 5.65. The van der Waals surface area contributed by atoms with E-state index < -0.39 is 0 Å². The first-order valence-electron chi connectivity index (χ1n) is 31.1. The SMILES string of the molecule is Cc1ccc(-c2c3nc(c(C#Cc4c5nc(c(-c6ccc(C)cc6)c6ccc([nH]6)c(-c6ccc(C)cc6)c6nc(c(-c7ccc(C)cc7)c7ccc4s7)C=C6)C=C5)c4ccc(s4)c(-c4ccc(C)cc4)c4nc(c(-c5ccc(C)cc5)c5ccc2[nH]5)C=C4)C=C3)cc1. The van der Waals surface area contributed by atoms with Crippen LogP contribution >= 0.6 is 22.7 Å². The summed E-state index contributed by atoms with van der Waals surface area (Å²) in [5.74, 6) is 7.75. The molecule has 4 aliphatic rings. The second-order valence-corrected chi connectivity index (χ2v) is 26.4. The Morgan fingerprint density at radius 2 is 0.435 bits per heavy atom. The van der Waals surface area contributed by atoms with E-state index in [1.54, 1.807) is 22.7 Å². The average molecular weight is 1220 g/mol. The van der Waals surface area contributed by atoms with Crippen LogP contribution in [0.4, 0.5) is 0 Å². The number of hydrogen-bond donors (Lipinski definition) is 2. The Morgan fingerprint density at radius 1 is 0.228 bits per heavy atom. The molecule has 438 valence electrons. The third-order valence-corrected chi connectivity index (χ3v) is 19.9. The molecule has 0 atom stereocenters. The minimum atomic E-state index is 0.770. The number of aryl methyl sites for hydroxylation is 6. The molecule has 8 heteroatoms. The van der Waals surface area contributed by atoms with E-state index in [0.717, 1.165) is 164 Å². The van der Waals surface area contributed by atoms with Crippen molar-refractivity contribution in [1.29, 1.82) is 0 Å². The third-order valence-electron chi connectivity index (χ3n) is 17.6. The second kappa shape index (κ2) is 23.1. The van der Waals surface area contributed by atoms with Crippen LogP contribution in [0.3, 0.4) is 0 Å². The van der Waals surface area contributed by atoms with Crippen LogP contribution in [0.15, 0.2) is 194 Å². The van der Waals surface area contributed by atoms with E-state index in [9.17, 15) is 0 Å². The second-order valence-electron chi connectivity index (χ2n) is 24.2. The maximum atomic E-state index is 5.65. The minimum absolute atomic E-state index is 0.770. The van der Waals surface area contributed by atoms with Gasteiger partial charge in [0.05, 0.1) is 56.7 Å². The highest BCUT2D eigenvalue weighted by Crippen LogP contribution is 2.43. The summed E-state index contributed by atoms with van der Waals surface area (Å²) in [7, 11) is 0. The molecule has 2 N–H and O–H groups in total. The van der Waals surface area contributed by atoms with Gasteiger partial charge < -0.3 is 9.97 Å². The van der Waals surface area contributed by atoms with Gasteiger partial charge in [-0.25, -0.2) is 19.9 Å². The summed E-state index contributed by atoms with van der Waals surface area (Å²) in [6, 6.07) is 70.2. The van der Waals surface area contributed by atoms with Gasteiger partial charge in [0.15, 0.2) is 0 Å². The van der Waals surface area contributed by atoms with Gasteiger partial charge in [-0.1, -0.05) is 191 Å². The molecule has 16 bridgehead atoms. The van der Waals surface area contributed by atoms with Crippen molar-refractivity contribution in [2.75, 3.05) is 0 Å². The largest absolute Gasteiger partial charge is 0.354 e. The molecule has 4 aliphatic heterocycles. The van der Waals surface area contributed by atoms with Gasteiger partial charge in [0, 0.05) is 74.2 Å². The number of aromatic nitrogens is 6. The molecule has 0 unspecified atom stereocenters.